The Morgan fingerprint density at radius 3 is 3.00 bits per heavy atom. The van der Waals surface area contributed by atoms with Gasteiger partial charge in [0.05, 0.1) is 6.61 Å². The van der Waals surface area contributed by atoms with Crippen molar-refractivity contribution in [2.75, 3.05) is 25.2 Å². The first-order chi connectivity index (χ1) is 10.1. The predicted octanol–water partition coefficient (Wildman–Crippen LogP) is 3.50. The van der Waals surface area contributed by atoms with Gasteiger partial charge in [-0.05, 0) is 50.5 Å². The lowest BCUT2D eigenvalue weighted by Crippen LogP contribution is -2.22. The third-order valence-electron chi connectivity index (χ3n) is 3.64. The first-order valence-electron chi connectivity index (χ1n) is 7.79. The van der Waals surface area contributed by atoms with E-state index in [9.17, 15) is 0 Å². The Balaban J connectivity index is 2.02. The number of hydrogen-bond acceptors (Lipinski definition) is 4. The molecule has 0 amide bonds. The molecule has 4 heteroatoms. The molecule has 1 aliphatic rings. The normalized spacial score (nSPS) is 18.2. The molecule has 0 saturated carbocycles. The maximum Gasteiger partial charge on any atom is 0.124 e. The highest BCUT2D eigenvalue weighted by Gasteiger charge is 2.21. The molecule has 3 nitrogen and oxygen atoms in total. The molecule has 0 saturated heterocycles. The quantitative estimate of drug-likeness (QED) is 0.796. The monoisotopic (exact) mass is 309 g/mol. The van der Waals surface area contributed by atoms with Gasteiger partial charge in [-0.15, -0.1) is 0 Å². The van der Waals surface area contributed by atoms with Crippen molar-refractivity contribution in [2.45, 2.75) is 39.8 Å². The molecule has 0 radical (unpaired) electrons. The first-order valence-corrected chi connectivity index (χ1v) is 9.18. The van der Waals surface area contributed by atoms with Crippen LogP contribution < -0.4 is 14.8 Å². The molecule has 0 aromatic heterocycles. The van der Waals surface area contributed by atoms with Crippen LogP contribution in [0.2, 0.25) is 0 Å². The summed E-state index contributed by atoms with van der Waals surface area (Å²) in [7, 11) is 0. The molecule has 0 aliphatic carbocycles. The van der Waals surface area contributed by atoms with E-state index in [0.717, 1.165) is 31.0 Å². The summed E-state index contributed by atoms with van der Waals surface area (Å²) in [4.78, 5) is 0. The molecule has 1 heterocycles. The smallest absolute Gasteiger partial charge is 0.124 e. The van der Waals surface area contributed by atoms with Crippen LogP contribution in [0.4, 0.5) is 0 Å². The van der Waals surface area contributed by atoms with E-state index in [1.165, 1.54) is 16.9 Å². The van der Waals surface area contributed by atoms with Crippen LogP contribution in [0.15, 0.2) is 12.1 Å². The second-order valence-corrected chi connectivity index (χ2v) is 6.74. The molecule has 0 spiro atoms. The first kappa shape index (κ1) is 16.5. The molecular weight excluding hydrogens is 282 g/mol. The number of fused-ring (bicyclic) bond motifs is 1. The largest absolute Gasteiger partial charge is 0.494 e. The second kappa shape index (κ2) is 7.95. The summed E-state index contributed by atoms with van der Waals surface area (Å²) in [5, 5.41) is 3.54. The number of nitrogens with one attached hydrogen (secondary N) is 1. The van der Waals surface area contributed by atoms with Crippen LogP contribution in [-0.4, -0.2) is 31.3 Å². The summed E-state index contributed by atoms with van der Waals surface area (Å²) >= 11 is 1.90. The minimum absolute atomic E-state index is 0.277. The average molecular weight is 309 g/mol. The Morgan fingerprint density at radius 1 is 1.48 bits per heavy atom. The highest BCUT2D eigenvalue weighted by Crippen LogP contribution is 2.35. The van der Waals surface area contributed by atoms with Gasteiger partial charge in [0, 0.05) is 24.1 Å². The fourth-order valence-corrected chi connectivity index (χ4v) is 3.39. The highest BCUT2D eigenvalue weighted by molar-refractivity contribution is 7.98. The Morgan fingerprint density at radius 2 is 2.29 bits per heavy atom. The van der Waals surface area contributed by atoms with Gasteiger partial charge in [0.25, 0.3) is 0 Å². The van der Waals surface area contributed by atoms with Gasteiger partial charge < -0.3 is 14.8 Å². The maximum absolute atomic E-state index is 5.86. The number of thioether (sulfide) groups is 1. The van der Waals surface area contributed by atoms with Crippen LogP contribution in [0.3, 0.4) is 0 Å². The van der Waals surface area contributed by atoms with Crippen molar-refractivity contribution < 1.29 is 9.47 Å². The van der Waals surface area contributed by atoms with E-state index < -0.39 is 0 Å². The molecule has 0 fully saturated rings. The van der Waals surface area contributed by atoms with Crippen molar-refractivity contribution in [3.8, 4) is 11.5 Å². The number of rotatable bonds is 8. The van der Waals surface area contributed by atoms with Gasteiger partial charge in [-0.2, -0.15) is 11.8 Å². The molecule has 2 unspecified atom stereocenters. The van der Waals surface area contributed by atoms with E-state index in [1.807, 2.05) is 18.7 Å². The highest BCUT2D eigenvalue weighted by atomic mass is 32.2. The molecular formula is C17H27NO2S. The zero-order chi connectivity index (χ0) is 15.2. The summed E-state index contributed by atoms with van der Waals surface area (Å²) in [6.07, 6.45) is 3.41. The summed E-state index contributed by atoms with van der Waals surface area (Å²) in [5.41, 5.74) is 2.46. The van der Waals surface area contributed by atoms with Gasteiger partial charge in [-0.3, -0.25) is 0 Å². The van der Waals surface area contributed by atoms with Crippen molar-refractivity contribution in [1.82, 2.24) is 5.32 Å². The second-order valence-electron chi connectivity index (χ2n) is 5.82. The summed E-state index contributed by atoms with van der Waals surface area (Å²) in [6, 6.07) is 4.31. The van der Waals surface area contributed by atoms with Crippen molar-refractivity contribution in [1.29, 1.82) is 0 Å². The van der Waals surface area contributed by atoms with E-state index in [1.54, 1.807) is 0 Å². The van der Waals surface area contributed by atoms with Crippen molar-refractivity contribution in [3.63, 3.8) is 0 Å². The lowest BCUT2D eigenvalue weighted by Gasteiger charge is -2.15. The fraction of sp³-hybridized carbons (Fsp3) is 0.647. The third kappa shape index (κ3) is 4.55. The predicted molar refractivity (Wildman–Crippen MR) is 90.7 cm³/mol. The standard InChI is InChI=1S/C17H27NO2S/c1-5-19-16-7-14-6-13(3)20-17(14)8-15(16)10-18-9-12(2)11-21-4/h7-8,12-13,18H,5-6,9-11H2,1-4H3. The van der Waals surface area contributed by atoms with Crippen LogP contribution in [0.1, 0.15) is 31.9 Å². The number of hydrogen-bond donors (Lipinski definition) is 1. The van der Waals surface area contributed by atoms with Crippen LogP contribution in [0.5, 0.6) is 11.5 Å². The summed E-state index contributed by atoms with van der Waals surface area (Å²) in [6.45, 7) is 8.98. The van der Waals surface area contributed by atoms with E-state index in [-0.39, 0.29) is 6.10 Å². The van der Waals surface area contributed by atoms with Crippen LogP contribution in [0.25, 0.3) is 0 Å². The van der Waals surface area contributed by atoms with Crippen LogP contribution >= 0.6 is 11.8 Å². The van der Waals surface area contributed by atoms with E-state index in [4.69, 9.17) is 9.47 Å². The van der Waals surface area contributed by atoms with Crippen molar-refractivity contribution in [3.05, 3.63) is 23.3 Å². The molecule has 2 atom stereocenters. The van der Waals surface area contributed by atoms with E-state index >= 15 is 0 Å². The Kier molecular flexibility index (Phi) is 6.24. The molecule has 1 aliphatic heterocycles. The van der Waals surface area contributed by atoms with Gasteiger partial charge in [0.1, 0.15) is 17.6 Å². The lowest BCUT2D eigenvalue weighted by molar-refractivity contribution is 0.254. The minimum Gasteiger partial charge on any atom is -0.494 e. The Labute approximate surface area is 132 Å². The van der Waals surface area contributed by atoms with Crippen molar-refractivity contribution in [2.24, 2.45) is 5.92 Å². The molecule has 1 aromatic carbocycles. The zero-order valence-corrected chi connectivity index (χ0v) is 14.4. The molecule has 2 rings (SSSR count). The Bertz CT molecular complexity index is 464. The van der Waals surface area contributed by atoms with Crippen molar-refractivity contribution >= 4 is 11.8 Å². The average Bonchev–Trinajstić information content (AvgIpc) is 2.78. The molecule has 21 heavy (non-hydrogen) atoms. The molecule has 1 aromatic rings. The topological polar surface area (TPSA) is 30.5 Å². The Hall–Kier alpha value is -0.870. The van der Waals surface area contributed by atoms with Crippen LogP contribution in [-0.2, 0) is 13.0 Å². The zero-order valence-electron chi connectivity index (χ0n) is 13.6. The lowest BCUT2D eigenvalue weighted by atomic mass is 10.1. The third-order valence-corrected chi connectivity index (χ3v) is 4.54. The van der Waals surface area contributed by atoms with Gasteiger partial charge in [-0.25, -0.2) is 0 Å². The summed E-state index contributed by atoms with van der Waals surface area (Å²) in [5.74, 6) is 3.90. The van der Waals surface area contributed by atoms with Gasteiger partial charge in [-0.1, -0.05) is 6.92 Å². The summed E-state index contributed by atoms with van der Waals surface area (Å²) < 4.78 is 11.7. The number of ether oxygens (including phenoxy) is 2. The van der Waals surface area contributed by atoms with Gasteiger partial charge >= 0.3 is 0 Å². The minimum atomic E-state index is 0.277. The van der Waals surface area contributed by atoms with E-state index in [2.05, 4.69) is 37.6 Å². The van der Waals surface area contributed by atoms with E-state index in [0.29, 0.717) is 12.5 Å². The molecule has 118 valence electrons. The maximum atomic E-state index is 5.86. The molecule has 0 bridgehead atoms. The van der Waals surface area contributed by atoms with Gasteiger partial charge in [0.2, 0.25) is 0 Å². The van der Waals surface area contributed by atoms with Crippen LogP contribution in [0, 0.1) is 5.92 Å². The molecule has 1 N–H and O–H groups in total. The SMILES string of the molecule is CCOc1cc2c(cc1CNCC(C)CSC)OC(C)C2. The number of benzene rings is 1. The fourth-order valence-electron chi connectivity index (χ4n) is 2.71. The van der Waals surface area contributed by atoms with Gasteiger partial charge in [0.15, 0.2) is 0 Å².